The lowest BCUT2D eigenvalue weighted by Gasteiger charge is -2.23. The molecule has 8 heteroatoms. The number of fused-ring (bicyclic) bond motifs is 1. The van der Waals surface area contributed by atoms with Gasteiger partial charge in [0.1, 0.15) is 11.6 Å². The summed E-state index contributed by atoms with van der Waals surface area (Å²) in [5.74, 6) is 0.959. The van der Waals surface area contributed by atoms with E-state index in [0.29, 0.717) is 18.5 Å². The molecule has 1 aliphatic carbocycles. The number of rotatable bonds is 4. The Kier molecular flexibility index (Phi) is 6.53. The zero-order valence-electron chi connectivity index (χ0n) is 14.8. The molecule has 2 fully saturated rings. The lowest BCUT2D eigenvalue weighted by atomic mass is 9.92. The van der Waals surface area contributed by atoms with Gasteiger partial charge in [0.25, 0.3) is 0 Å². The summed E-state index contributed by atoms with van der Waals surface area (Å²) in [7, 11) is 1.93. The molecule has 1 aromatic carbocycles. The third kappa shape index (κ3) is 3.82. The smallest absolute Gasteiger partial charge is 0.223 e. The Morgan fingerprint density at radius 3 is 2.85 bits per heavy atom. The average molecular weight is 403 g/mol. The molecule has 1 unspecified atom stereocenters. The minimum Gasteiger partial charge on any atom is -0.355 e. The van der Waals surface area contributed by atoms with E-state index in [1.807, 2.05) is 11.6 Å². The Morgan fingerprint density at radius 2 is 2.12 bits per heavy atom. The summed E-state index contributed by atoms with van der Waals surface area (Å²) < 4.78 is 15.3. The number of nitrogens with one attached hydrogen (secondary N) is 2. The van der Waals surface area contributed by atoms with Crippen molar-refractivity contribution in [3.63, 3.8) is 0 Å². The average Bonchev–Trinajstić information content (AvgIpc) is 3.17. The van der Waals surface area contributed by atoms with Gasteiger partial charge in [-0.25, -0.2) is 9.37 Å². The normalized spacial score (nSPS) is 20.3. The van der Waals surface area contributed by atoms with E-state index in [0.717, 1.165) is 43.7 Å². The number of hydrogen-bond donors (Lipinski definition) is 2. The highest BCUT2D eigenvalue weighted by atomic mass is 35.5. The lowest BCUT2D eigenvalue weighted by Crippen LogP contribution is -2.34. The number of nitrogens with zero attached hydrogens (tertiary/aromatic N) is 2. The summed E-state index contributed by atoms with van der Waals surface area (Å²) in [6.07, 6.45) is 3.91. The highest BCUT2D eigenvalue weighted by molar-refractivity contribution is 5.85. The molecule has 0 bridgehead atoms. The second-order valence-electron chi connectivity index (χ2n) is 7.13. The van der Waals surface area contributed by atoms with Crippen LogP contribution in [0.3, 0.4) is 0 Å². The molecule has 1 aliphatic heterocycles. The van der Waals surface area contributed by atoms with Crippen molar-refractivity contribution in [1.82, 2.24) is 20.2 Å². The Bertz CT molecular complexity index is 789. The third-order valence-corrected chi connectivity index (χ3v) is 5.69. The van der Waals surface area contributed by atoms with Crippen molar-refractivity contribution in [2.45, 2.75) is 25.7 Å². The number of halogens is 3. The fraction of sp³-hybridized carbons (Fsp3) is 0.556. The van der Waals surface area contributed by atoms with Gasteiger partial charge in [0.2, 0.25) is 5.91 Å². The topological polar surface area (TPSA) is 59.0 Å². The molecular formula is C18H25Cl2FN4O. The van der Waals surface area contributed by atoms with Crippen LogP contribution in [-0.4, -0.2) is 35.1 Å². The second-order valence-corrected chi connectivity index (χ2v) is 7.13. The van der Waals surface area contributed by atoms with E-state index in [4.69, 9.17) is 0 Å². The van der Waals surface area contributed by atoms with E-state index in [-0.39, 0.29) is 47.9 Å². The summed E-state index contributed by atoms with van der Waals surface area (Å²) >= 11 is 0. The van der Waals surface area contributed by atoms with Crippen LogP contribution in [-0.2, 0) is 18.3 Å². The quantitative estimate of drug-likeness (QED) is 0.825. The predicted molar refractivity (Wildman–Crippen MR) is 105 cm³/mol. The lowest BCUT2D eigenvalue weighted by molar-refractivity contribution is -0.123. The van der Waals surface area contributed by atoms with Crippen LogP contribution in [0.5, 0.6) is 0 Å². The first-order valence-electron chi connectivity index (χ1n) is 8.68. The molecule has 1 spiro atoms. The number of aryl methyl sites for hydroxylation is 1. The van der Waals surface area contributed by atoms with Crippen LogP contribution in [0.2, 0.25) is 0 Å². The zero-order chi connectivity index (χ0) is 16.7. The second kappa shape index (κ2) is 8.11. The van der Waals surface area contributed by atoms with Gasteiger partial charge in [-0.3, -0.25) is 4.79 Å². The van der Waals surface area contributed by atoms with Crippen LogP contribution < -0.4 is 10.6 Å². The maximum atomic E-state index is 13.3. The number of benzene rings is 1. The Balaban J connectivity index is 0.00000121. The first kappa shape index (κ1) is 20.9. The largest absolute Gasteiger partial charge is 0.355 e. The van der Waals surface area contributed by atoms with Gasteiger partial charge in [-0.2, -0.15) is 0 Å². The molecule has 2 aromatic rings. The summed E-state index contributed by atoms with van der Waals surface area (Å²) in [5.41, 5.74) is 1.84. The van der Waals surface area contributed by atoms with Gasteiger partial charge < -0.3 is 15.2 Å². The van der Waals surface area contributed by atoms with Crippen molar-refractivity contribution in [3.05, 3.63) is 29.8 Å². The number of imidazole rings is 1. The molecule has 4 rings (SSSR count). The number of aromatic nitrogens is 2. The molecule has 144 valence electrons. The Hall–Kier alpha value is -1.37. The minimum absolute atomic E-state index is 0. The monoisotopic (exact) mass is 402 g/mol. The Morgan fingerprint density at radius 1 is 1.38 bits per heavy atom. The van der Waals surface area contributed by atoms with Crippen molar-refractivity contribution in [2.75, 3.05) is 19.6 Å². The maximum Gasteiger partial charge on any atom is 0.223 e. The fourth-order valence-corrected chi connectivity index (χ4v) is 4.06. The number of hydrogen-bond acceptors (Lipinski definition) is 3. The molecule has 0 radical (unpaired) electrons. The number of carbonyl (C=O) groups excluding carboxylic acids is 1. The van der Waals surface area contributed by atoms with Crippen LogP contribution in [0, 0.1) is 17.2 Å². The molecule has 1 amide bonds. The first-order chi connectivity index (χ1) is 11.6. The van der Waals surface area contributed by atoms with E-state index in [1.165, 1.54) is 12.1 Å². The van der Waals surface area contributed by atoms with Gasteiger partial charge in [-0.1, -0.05) is 0 Å². The SMILES string of the molecule is Cl.Cl.Cn1c(CCNC(=O)C2CC23CCNCC3)nc2cc(F)ccc21. The molecule has 5 nitrogen and oxygen atoms in total. The molecule has 2 heterocycles. The van der Waals surface area contributed by atoms with Crippen molar-refractivity contribution in [1.29, 1.82) is 0 Å². The van der Waals surface area contributed by atoms with E-state index >= 15 is 0 Å². The van der Waals surface area contributed by atoms with Gasteiger partial charge in [0, 0.05) is 32.0 Å². The van der Waals surface area contributed by atoms with Crippen molar-refractivity contribution in [3.8, 4) is 0 Å². The standard InChI is InChI=1S/C18H23FN4O.2ClH/c1-23-15-3-2-12(19)10-14(15)22-16(23)4-7-21-17(24)13-11-18(13)5-8-20-9-6-18;;/h2-3,10,13,20H,4-9,11H2,1H3,(H,21,24);2*1H. The predicted octanol–water partition coefficient (Wildman–Crippen LogP) is 2.60. The molecule has 2 N–H and O–H groups in total. The molecular weight excluding hydrogens is 378 g/mol. The van der Waals surface area contributed by atoms with Crippen LogP contribution >= 0.6 is 24.8 Å². The Labute approximate surface area is 164 Å². The van der Waals surface area contributed by atoms with E-state index in [1.54, 1.807) is 6.07 Å². The molecule has 1 atom stereocenters. The number of carbonyl (C=O) groups is 1. The van der Waals surface area contributed by atoms with Gasteiger partial charge in [0.05, 0.1) is 11.0 Å². The summed E-state index contributed by atoms with van der Waals surface area (Å²) in [6.45, 7) is 2.63. The van der Waals surface area contributed by atoms with Crippen molar-refractivity contribution in [2.24, 2.45) is 18.4 Å². The minimum atomic E-state index is -0.276. The van der Waals surface area contributed by atoms with Crippen LogP contribution in [0.1, 0.15) is 25.1 Å². The molecule has 2 aliphatic rings. The maximum absolute atomic E-state index is 13.3. The van der Waals surface area contributed by atoms with Gasteiger partial charge in [0.15, 0.2) is 0 Å². The van der Waals surface area contributed by atoms with Gasteiger partial charge >= 0.3 is 0 Å². The highest BCUT2D eigenvalue weighted by Gasteiger charge is 2.57. The summed E-state index contributed by atoms with van der Waals surface area (Å²) in [6, 6.07) is 4.63. The van der Waals surface area contributed by atoms with Crippen molar-refractivity contribution >= 4 is 41.8 Å². The first-order valence-corrected chi connectivity index (χ1v) is 8.68. The summed E-state index contributed by atoms with van der Waals surface area (Å²) in [4.78, 5) is 16.8. The molecule has 1 saturated carbocycles. The van der Waals surface area contributed by atoms with E-state index in [2.05, 4.69) is 15.6 Å². The van der Waals surface area contributed by atoms with Crippen LogP contribution in [0.25, 0.3) is 11.0 Å². The van der Waals surface area contributed by atoms with Crippen LogP contribution in [0.15, 0.2) is 18.2 Å². The number of piperidine rings is 1. The molecule has 1 saturated heterocycles. The summed E-state index contributed by atoms with van der Waals surface area (Å²) in [5, 5.41) is 6.42. The van der Waals surface area contributed by atoms with Crippen molar-refractivity contribution < 1.29 is 9.18 Å². The highest BCUT2D eigenvalue weighted by Crippen LogP contribution is 2.58. The van der Waals surface area contributed by atoms with Crippen LogP contribution in [0.4, 0.5) is 4.39 Å². The fourth-order valence-electron chi connectivity index (χ4n) is 4.06. The number of amides is 1. The molecule has 26 heavy (non-hydrogen) atoms. The zero-order valence-corrected chi connectivity index (χ0v) is 16.4. The van der Waals surface area contributed by atoms with E-state index in [9.17, 15) is 9.18 Å². The third-order valence-electron chi connectivity index (χ3n) is 5.69. The van der Waals surface area contributed by atoms with E-state index < -0.39 is 0 Å². The van der Waals surface area contributed by atoms with Gasteiger partial charge in [-0.15, -0.1) is 24.8 Å². The van der Waals surface area contributed by atoms with Gasteiger partial charge in [-0.05, 0) is 49.9 Å². The molecule has 1 aromatic heterocycles.